The molecule has 0 saturated carbocycles. The summed E-state index contributed by atoms with van der Waals surface area (Å²) < 4.78 is 48.7. The molecule has 0 aromatic carbocycles. The molecule has 0 aliphatic carbocycles. The predicted molar refractivity (Wildman–Crippen MR) is 189 cm³/mol. The van der Waals surface area contributed by atoms with Gasteiger partial charge in [0, 0.05) is 31.4 Å². The van der Waals surface area contributed by atoms with E-state index in [9.17, 15) is 29.7 Å². The molecule has 4 aliphatic rings. The smallest absolute Gasteiger partial charge is 0.458 e. The predicted octanol–water partition coefficient (Wildman–Crippen LogP) is 2.97. The SMILES string of the molecule is CCC1OC(=O)C(C)C(O[C@@H]2C[C@@](C)(OC)C(O)C(C)O2)C(C)C(O[C@H]2OC(C)CC(N(C)C)C2O)[C@](C)(O)CC(C)C(=O)C(C)[C@@H]2OC(=O)O[C@]12C. The molecule has 15 nitrogen and oxygen atoms in total. The third kappa shape index (κ3) is 8.88. The topological polar surface area (TPSA) is 189 Å². The molecule has 15 heteroatoms. The molecule has 4 fully saturated rings. The average Bonchev–Trinajstić information content (AvgIpc) is 3.40. The number of rotatable bonds is 7. The lowest BCUT2D eigenvalue weighted by Crippen LogP contribution is -2.61. The van der Waals surface area contributed by atoms with E-state index >= 15 is 0 Å². The zero-order chi connectivity index (χ0) is 40.0. The van der Waals surface area contributed by atoms with E-state index < -0.39 is 108 Å². The van der Waals surface area contributed by atoms with Gasteiger partial charge < -0.3 is 58.1 Å². The minimum atomic E-state index is -1.78. The van der Waals surface area contributed by atoms with Crippen LogP contribution in [0.3, 0.4) is 0 Å². The third-order valence-corrected chi connectivity index (χ3v) is 12.3. The first-order chi connectivity index (χ1) is 24.5. The van der Waals surface area contributed by atoms with Gasteiger partial charge in [0.05, 0.1) is 47.5 Å². The van der Waals surface area contributed by atoms with Crippen molar-refractivity contribution in [2.75, 3.05) is 21.2 Å². The van der Waals surface area contributed by atoms with Crippen LogP contribution in [0.5, 0.6) is 0 Å². The number of carbonyl (C=O) groups excluding carboxylic acids is 3. The number of cyclic esters (lactones) is 1. The average molecular weight is 760 g/mol. The maximum Gasteiger partial charge on any atom is 0.509 e. The number of aliphatic hydroxyl groups is 3. The second-order valence-corrected chi connectivity index (χ2v) is 16.9. The Morgan fingerprint density at radius 1 is 0.906 bits per heavy atom. The van der Waals surface area contributed by atoms with Gasteiger partial charge in [0.1, 0.15) is 24.1 Å². The quantitative estimate of drug-likeness (QED) is 0.321. The maximum absolute atomic E-state index is 14.3. The summed E-state index contributed by atoms with van der Waals surface area (Å²) in [5, 5.41) is 34.9. The molecule has 4 aliphatic heterocycles. The number of Topliss-reactive ketones (excluding diaryl/α,β-unsaturated/α-hetero) is 1. The van der Waals surface area contributed by atoms with Gasteiger partial charge in [0.2, 0.25) is 0 Å². The second-order valence-electron chi connectivity index (χ2n) is 16.9. The molecule has 4 heterocycles. The molecule has 0 amide bonds. The highest BCUT2D eigenvalue weighted by Gasteiger charge is 2.59. The van der Waals surface area contributed by atoms with Gasteiger partial charge >= 0.3 is 12.1 Å². The molecule has 3 N–H and O–H groups in total. The minimum Gasteiger partial charge on any atom is -0.458 e. The third-order valence-electron chi connectivity index (χ3n) is 12.3. The Morgan fingerprint density at radius 3 is 2.13 bits per heavy atom. The first kappa shape index (κ1) is 43.8. The van der Waals surface area contributed by atoms with E-state index in [4.69, 9.17) is 37.9 Å². The van der Waals surface area contributed by atoms with Crippen LogP contribution in [0.2, 0.25) is 0 Å². The van der Waals surface area contributed by atoms with Crippen LogP contribution in [0.4, 0.5) is 4.79 Å². The van der Waals surface area contributed by atoms with E-state index in [0.717, 1.165) is 0 Å². The molecule has 306 valence electrons. The van der Waals surface area contributed by atoms with Crippen molar-refractivity contribution in [1.82, 2.24) is 4.90 Å². The normalized spacial score (nSPS) is 49.1. The summed E-state index contributed by atoms with van der Waals surface area (Å²) in [7, 11) is 5.20. The monoisotopic (exact) mass is 759 g/mol. The number of ether oxygens (including phenoxy) is 8. The Hall–Kier alpha value is -1.95. The van der Waals surface area contributed by atoms with Gasteiger partial charge in [-0.3, -0.25) is 9.59 Å². The number of hydrogen-bond acceptors (Lipinski definition) is 15. The summed E-state index contributed by atoms with van der Waals surface area (Å²) in [5.74, 6) is -4.54. The fraction of sp³-hybridized carbons (Fsp3) is 0.921. The Morgan fingerprint density at radius 2 is 1.55 bits per heavy atom. The van der Waals surface area contributed by atoms with Crippen LogP contribution in [0.1, 0.15) is 94.9 Å². The van der Waals surface area contributed by atoms with Crippen molar-refractivity contribution in [3.05, 3.63) is 0 Å². The van der Waals surface area contributed by atoms with Crippen molar-refractivity contribution in [1.29, 1.82) is 0 Å². The van der Waals surface area contributed by atoms with Crippen molar-refractivity contribution >= 4 is 17.9 Å². The molecule has 0 radical (unpaired) electrons. The van der Waals surface area contributed by atoms with Crippen LogP contribution in [0, 0.1) is 23.7 Å². The van der Waals surface area contributed by atoms with Crippen molar-refractivity contribution in [2.45, 2.75) is 179 Å². The zero-order valence-corrected chi connectivity index (χ0v) is 33.8. The Kier molecular flexibility index (Phi) is 13.7. The Bertz CT molecular complexity index is 1300. The van der Waals surface area contributed by atoms with E-state index in [1.54, 1.807) is 62.3 Å². The van der Waals surface area contributed by atoms with Gasteiger partial charge in [-0.05, 0) is 74.9 Å². The van der Waals surface area contributed by atoms with Crippen molar-refractivity contribution in [2.24, 2.45) is 23.7 Å². The first-order valence-corrected chi connectivity index (χ1v) is 19.1. The van der Waals surface area contributed by atoms with Crippen molar-refractivity contribution in [3.8, 4) is 0 Å². The Labute approximate surface area is 314 Å². The number of carbonyl (C=O) groups is 3. The summed E-state index contributed by atoms with van der Waals surface area (Å²) in [6.45, 7) is 16.9. The van der Waals surface area contributed by atoms with Crippen LogP contribution >= 0.6 is 0 Å². The standard InChI is InChI=1S/C38H65NO14/c1-14-25-38(10)32(52-35(44)53-38)20(4)27(40)18(2)16-36(8,45)31(51-34-28(41)24(39(11)12)15-19(3)47-34)21(5)29(22(6)33(43)49-25)50-26-17-37(9,46-13)30(42)23(7)48-26/h18-26,28-32,34,41-42,45H,14-17H2,1-13H3/t18?,19?,20?,21?,22?,23?,24?,25?,26-,28?,29?,30?,31?,32+,34-,36-,37-,38-/m1/s1. The molecular weight excluding hydrogens is 694 g/mol. The molecule has 4 rings (SSSR count). The summed E-state index contributed by atoms with van der Waals surface area (Å²) >= 11 is 0. The molecule has 0 bridgehead atoms. The number of methoxy groups -OCH3 is 1. The lowest BCUT2D eigenvalue weighted by molar-refractivity contribution is -0.318. The van der Waals surface area contributed by atoms with E-state index in [-0.39, 0.29) is 37.2 Å². The molecule has 53 heavy (non-hydrogen) atoms. The fourth-order valence-corrected chi connectivity index (χ4v) is 9.03. The molecule has 0 aromatic heterocycles. The number of nitrogens with zero attached hydrogens (tertiary/aromatic N) is 1. The van der Waals surface area contributed by atoms with Crippen LogP contribution in [0.25, 0.3) is 0 Å². The lowest BCUT2D eigenvalue weighted by atomic mass is 9.74. The zero-order valence-electron chi connectivity index (χ0n) is 33.8. The van der Waals surface area contributed by atoms with Gasteiger partial charge in [0.25, 0.3) is 0 Å². The number of esters is 1. The highest BCUT2D eigenvalue weighted by Crippen LogP contribution is 2.43. The second kappa shape index (κ2) is 16.6. The van der Waals surface area contributed by atoms with Crippen LogP contribution in [-0.4, -0.2) is 144 Å². The summed E-state index contributed by atoms with van der Waals surface area (Å²) in [6.07, 6.45) is -9.81. The highest BCUT2D eigenvalue weighted by atomic mass is 16.8. The number of aliphatic hydroxyl groups excluding tert-OH is 2. The van der Waals surface area contributed by atoms with E-state index in [0.29, 0.717) is 6.42 Å². The first-order valence-electron chi connectivity index (χ1n) is 19.1. The summed E-state index contributed by atoms with van der Waals surface area (Å²) in [4.78, 5) is 43.0. The Balaban J connectivity index is 1.84. The molecule has 0 spiro atoms. The van der Waals surface area contributed by atoms with Crippen LogP contribution in [0.15, 0.2) is 0 Å². The molecule has 4 saturated heterocycles. The van der Waals surface area contributed by atoms with Gasteiger partial charge in [-0.15, -0.1) is 0 Å². The van der Waals surface area contributed by atoms with E-state index in [1.807, 2.05) is 25.9 Å². The highest BCUT2D eigenvalue weighted by molar-refractivity contribution is 5.84. The van der Waals surface area contributed by atoms with Gasteiger partial charge in [-0.2, -0.15) is 0 Å². The van der Waals surface area contributed by atoms with Crippen molar-refractivity contribution < 1.29 is 67.6 Å². The number of ketones is 1. The molecular formula is C38H65NO14. The summed E-state index contributed by atoms with van der Waals surface area (Å²) in [6, 6.07) is -0.322. The number of hydrogen-bond donors (Lipinski definition) is 3. The van der Waals surface area contributed by atoms with E-state index in [1.165, 1.54) is 7.11 Å². The lowest BCUT2D eigenvalue weighted by Gasteiger charge is -2.49. The fourth-order valence-electron chi connectivity index (χ4n) is 9.03. The van der Waals surface area contributed by atoms with E-state index in [2.05, 4.69) is 0 Å². The number of fused-ring (bicyclic) bond motifs is 1. The van der Waals surface area contributed by atoms with Gasteiger partial charge in [-0.1, -0.05) is 27.7 Å². The molecule has 0 aromatic rings. The van der Waals surface area contributed by atoms with Crippen molar-refractivity contribution in [3.63, 3.8) is 0 Å². The maximum atomic E-state index is 14.3. The largest absolute Gasteiger partial charge is 0.509 e. The van der Waals surface area contributed by atoms with Gasteiger partial charge in [0.15, 0.2) is 24.3 Å². The van der Waals surface area contributed by atoms with Crippen LogP contribution < -0.4 is 0 Å². The van der Waals surface area contributed by atoms with Gasteiger partial charge in [-0.25, -0.2) is 4.79 Å². The summed E-state index contributed by atoms with van der Waals surface area (Å²) in [5.41, 5.74) is -4.33. The molecule has 18 atom stereocenters. The number of likely N-dealkylation sites (N-methyl/N-ethyl adjacent to an activating group) is 1. The van der Waals surface area contributed by atoms with Crippen LogP contribution in [-0.2, 0) is 47.5 Å². The minimum absolute atomic E-state index is 0.0996. The molecule has 12 unspecified atom stereocenters.